The van der Waals surface area contributed by atoms with E-state index >= 15 is 0 Å². The van der Waals surface area contributed by atoms with E-state index in [0.29, 0.717) is 31.4 Å². The molecule has 0 aliphatic carbocycles. The molecule has 1 unspecified atom stereocenters. The number of amides is 1. The van der Waals surface area contributed by atoms with Crippen molar-refractivity contribution in [1.82, 2.24) is 4.90 Å². The van der Waals surface area contributed by atoms with E-state index in [-0.39, 0.29) is 11.9 Å². The van der Waals surface area contributed by atoms with E-state index in [4.69, 9.17) is 16.3 Å². The summed E-state index contributed by atoms with van der Waals surface area (Å²) in [5.41, 5.74) is 0. The molecule has 1 aliphatic rings. The van der Waals surface area contributed by atoms with Crippen molar-refractivity contribution < 1.29 is 9.53 Å². The lowest BCUT2D eigenvalue weighted by Crippen LogP contribution is -2.50. The molecule has 0 aromatic carbocycles. The Kier molecular flexibility index (Phi) is 4.91. The highest BCUT2D eigenvalue weighted by atomic mass is 35.5. The number of carbonyl (C=O) groups excluding carboxylic acids is 1. The first-order valence-corrected chi connectivity index (χ1v) is 6.14. The Morgan fingerprint density at radius 1 is 1.77 bits per heavy atom. The van der Waals surface area contributed by atoms with Crippen LogP contribution in [0.15, 0.2) is 0 Å². The van der Waals surface area contributed by atoms with Crippen LogP contribution in [0.3, 0.4) is 0 Å². The molecule has 1 atom stereocenters. The van der Waals surface area contributed by atoms with E-state index in [1.54, 1.807) is 11.8 Å². The maximum atomic E-state index is 11.6. The molecule has 1 aliphatic heterocycles. The smallest absolute Gasteiger partial charge is 0.233 e. The number of carbonyl (C=O) groups is 1. The van der Waals surface area contributed by atoms with Crippen LogP contribution >= 0.6 is 23.4 Å². The molecule has 0 N–H and O–H groups in total. The average Bonchev–Trinajstić information content (AvgIpc) is 2.18. The van der Waals surface area contributed by atoms with Gasteiger partial charge in [-0.25, -0.2) is 0 Å². The van der Waals surface area contributed by atoms with E-state index in [0.717, 1.165) is 0 Å². The van der Waals surface area contributed by atoms with E-state index in [2.05, 4.69) is 0 Å². The number of thioether (sulfide) groups is 1. The Hall–Kier alpha value is 0.0700. The lowest BCUT2D eigenvalue weighted by molar-refractivity contribution is -0.135. The molecule has 13 heavy (non-hydrogen) atoms. The van der Waals surface area contributed by atoms with Gasteiger partial charge in [0.15, 0.2) is 0 Å². The second-order valence-electron chi connectivity index (χ2n) is 2.90. The van der Waals surface area contributed by atoms with Gasteiger partial charge in [0, 0.05) is 12.4 Å². The van der Waals surface area contributed by atoms with Crippen LogP contribution in [0.2, 0.25) is 0 Å². The van der Waals surface area contributed by atoms with Crippen LogP contribution in [-0.2, 0) is 9.53 Å². The molecule has 0 radical (unpaired) electrons. The second kappa shape index (κ2) is 5.73. The van der Waals surface area contributed by atoms with Crippen molar-refractivity contribution in [2.75, 3.05) is 37.6 Å². The minimum absolute atomic E-state index is 0.0649. The van der Waals surface area contributed by atoms with Crippen molar-refractivity contribution in [2.45, 2.75) is 6.04 Å². The summed E-state index contributed by atoms with van der Waals surface area (Å²) in [4.78, 5) is 13.4. The molecule has 1 heterocycles. The molecule has 1 saturated heterocycles. The highest BCUT2D eigenvalue weighted by molar-refractivity contribution is 7.99. The van der Waals surface area contributed by atoms with Gasteiger partial charge in [0.1, 0.15) is 0 Å². The third-order valence-corrected chi connectivity index (χ3v) is 2.89. The minimum Gasteiger partial charge on any atom is -0.377 e. The fraction of sp³-hybridized carbons (Fsp3) is 0.875. The summed E-state index contributed by atoms with van der Waals surface area (Å²) in [7, 11) is 0. The summed E-state index contributed by atoms with van der Waals surface area (Å²) < 4.78 is 5.25. The number of halogens is 1. The van der Waals surface area contributed by atoms with Crippen molar-refractivity contribution >= 4 is 29.3 Å². The highest BCUT2D eigenvalue weighted by Gasteiger charge is 2.25. The quantitative estimate of drug-likeness (QED) is 0.664. The molecular weight excluding hydrogens is 210 g/mol. The fourth-order valence-electron chi connectivity index (χ4n) is 1.32. The van der Waals surface area contributed by atoms with E-state index in [1.807, 2.05) is 11.2 Å². The molecule has 0 aromatic heterocycles. The summed E-state index contributed by atoms with van der Waals surface area (Å²) in [6, 6.07) is 0.0649. The van der Waals surface area contributed by atoms with Crippen LogP contribution in [-0.4, -0.2) is 54.5 Å². The van der Waals surface area contributed by atoms with Gasteiger partial charge in [-0.15, -0.1) is 11.6 Å². The average molecular weight is 224 g/mol. The molecule has 0 bridgehead atoms. The summed E-state index contributed by atoms with van der Waals surface area (Å²) in [6.45, 7) is 1.88. The molecule has 0 aromatic rings. The van der Waals surface area contributed by atoms with Crippen LogP contribution in [0.4, 0.5) is 0 Å². The molecule has 1 rings (SSSR count). The SMILES string of the molecule is CSCC(=O)N1CCOCC1CCl. The number of rotatable bonds is 3. The van der Waals surface area contributed by atoms with Gasteiger partial charge in [0.05, 0.1) is 25.0 Å². The normalized spacial score (nSPS) is 23.2. The Balaban J connectivity index is 2.48. The zero-order chi connectivity index (χ0) is 9.68. The zero-order valence-electron chi connectivity index (χ0n) is 7.66. The van der Waals surface area contributed by atoms with Gasteiger partial charge in [0.2, 0.25) is 5.91 Å². The number of hydrogen-bond acceptors (Lipinski definition) is 3. The number of hydrogen-bond donors (Lipinski definition) is 0. The predicted octanol–water partition coefficient (Wildman–Crippen LogP) is 0.816. The molecular formula is C8H14ClNO2S. The van der Waals surface area contributed by atoms with Gasteiger partial charge < -0.3 is 9.64 Å². The second-order valence-corrected chi connectivity index (χ2v) is 4.08. The van der Waals surface area contributed by atoms with E-state index in [9.17, 15) is 4.79 Å². The first-order chi connectivity index (χ1) is 6.29. The van der Waals surface area contributed by atoms with Gasteiger partial charge in [-0.1, -0.05) is 0 Å². The number of alkyl halides is 1. The number of morpholine rings is 1. The lowest BCUT2D eigenvalue weighted by Gasteiger charge is -2.34. The summed E-state index contributed by atoms with van der Waals surface area (Å²) in [6.07, 6.45) is 1.92. The minimum atomic E-state index is 0.0649. The molecule has 0 saturated carbocycles. The van der Waals surface area contributed by atoms with Gasteiger partial charge in [-0.2, -0.15) is 11.8 Å². The predicted molar refractivity (Wildman–Crippen MR) is 55.4 cm³/mol. The van der Waals surface area contributed by atoms with Crippen molar-refractivity contribution in [3.8, 4) is 0 Å². The van der Waals surface area contributed by atoms with Crippen molar-refractivity contribution in [2.24, 2.45) is 0 Å². The molecule has 1 amide bonds. The van der Waals surface area contributed by atoms with Gasteiger partial charge >= 0.3 is 0 Å². The Morgan fingerprint density at radius 3 is 3.15 bits per heavy atom. The summed E-state index contributed by atoms with van der Waals surface area (Å²) in [5.74, 6) is 1.16. The molecule has 1 fully saturated rings. The summed E-state index contributed by atoms with van der Waals surface area (Å²) >= 11 is 7.28. The monoisotopic (exact) mass is 223 g/mol. The standard InChI is InChI=1S/C8H14ClNO2S/c1-13-6-8(11)10-2-3-12-5-7(10)4-9/h7H,2-6H2,1H3. The topological polar surface area (TPSA) is 29.5 Å². The van der Waals surface area contributed by atoms with Crippen LogP contribution in [0.1, 0.15) is 0 Å². The maximum Gasteiger partial charge on any atom is 0.233 e. The Morgan fingerprint density at radius 2 is 2.54 bits per heavy atom. The van der Waals surface area contributed by atoms with Crippen LogP contribution in [0, 0.1) is 0 Å². The zero-order valence-corrected chi connectivity index (χ0v) is 9.24. The van der Waals surface area contributed by atoms with Crippen molar-refractivity contribution in [3.05, 3.63) is 0 Å². The number of nitrogens with zero attached hydrogens (tertiary/aromatic N) is 1. The van der Waals surface area contributed by atoms with Gasteiger partial charge in [-0.3, -0.25) is 4.79 Å². The van der Waals surface area contributed by atoms with Crippen molar-refractivity contribution in [1.29, 1.82) is 0 Å². The van der Waals surface area contributed by atoms with E-state index < -0.39 is 0 Å². The molecule has 3 nitrogen and oxygen atoms in total. The molecule has 5 heteroatoms. The lowest BCUT2D eigenvalue weighted by atomic mass is 10.2. The summed E-state index contributed by atoms with van der Waals surface area (Å²) in [5, 5.41) is 0. The first-order valence-electron chi connectivity index (χ1n) is 4.21. The largest absolute Gasteiger partial charge is 0.377 e. The fourth-order valence-corrected chi connectivity index (χ4v) is 1.99. The van der Waals surface area contributed by atoms with Gasteiger partial charge in [0.25, 0.3) is 0 Å². The maximum absolute atomic E-state index is 11.6. The first kappa shape index (κ1) is 11.1. The third kappa shape index (κ3) is 3.04. The van der Waals surface area contributed by atoms with Crippen LogP contribution in [0.25, 0.3) is 0 Å². The third-order valence-electron chi connectivity index (χ3n) is 1.99. The highest BCUT2D eigenvalue weighted by Crippen LogP contribution is 2.10. The van der Waals surface area contributed by atoms with E-state index in [1.165, 1.54) is 0 Å². The molecule has 0 spiro atoms. The number of ether oxygens (including phenoxy) is 1. The Labute approximate surface area is 87.7 Å². The van der Waals surface area contributed by atoms with Crippen LogP contribution in [0.5, 0.6) is 0 Å². The van der Waals surface area contributed by atoms with Gasteiger partial charge in [-0.05, 0) is 6.26 Å². The molecule has 76 valence electrons. The van der Waals surface area contributed by atoms with Crippen LogP contribution < -0.4 is 0 Å². The Bertz CT molecular complexity index is 180. The van der Waals surface area contributed by atoms with Crippen molar-refractivity contribution in [3.63, 3.8) is 0 Å².